The van der Waals surface area contributed by atoms with E-state index in [0.717, 1.165) is 0 Å². The third kappa shape index (κ3) is 3.42. The predicted octanol–water partition coefficient (Wildman–Crippen LogP) is 1.74. The molecule has 0 unspecified atom stereocenters. The molecule has 0 atom stereocenters. The van der Waals surface area contributed by atoms with Gasteiger partial charge in [-0.05, 0) is 26.8 Å². The third-order valence-corrected chi connectivity index (χ3v) is 1.46. The highest BCUT2D eigenvalue weighted by atomic mass is 16.5. The van der Waals surface area contributed by atoms with E-state index in [4.69, 9.17) is 4.74 Å². The molecule has 0 saturated carbocycles. The zero-order valence-corrected chi connectivity index (χ0v) is 8.09. The number of rotatable bonds is 4. The van der Waals surface area contributed by atoms with Crippen LogP contribution >= 0.6 is 0 Å². The fourth-order valence-electron chi connectivity index (χ4n) is 0.646. The summed E-state index contributed by atoms with van der Waals surface area (Å²) in [5, 5.41) is 0. The maximum atomic E-state index is 11.1. The van der Waals surface area contributed by atoms with Crippen molar-refractivity contribution in [3.05, 3.63) is 12.3 Å². The van der Waals surface area contributed by atoms with Crippen LogP contribution in [0.4, 0.5) is 0 Å². The summed E-state index contributed by atoms with van der Waals surface area (Å²) in [6.45, 7) is 6.03. The molecule has 0 aromatic rings. The van der Waals surface area contributed by atoms with Crippen molar-refractivity contribution in [1.82, 2.24) is 0 Å². The molecule has 70 valence electrons. The highest BCUT2D eigenvalue weighted by molar-refractivity contribution is 5.77. The molecule has 0 fully saturated rings. The smallest absolute Gasteiger partial charge is 0.315 e. The molecule has 0 aromatic carbocycles. The molecule has 0 aliphatic heterocycles. The van der Waals surface area contributed by atoms with Crippen molar-refractivity contribution in [1.29, 1.82) is 0 Å². The van der Waals surface area contributed by atoms with Gasteiger partial charge in [0.05, 0.1) is 25.4 Å². The first-order valence-corrected chi connectivity index (χ1v) is 3.92. The van der Waals surface area contributed by atoms with Gasteiger partial charge in [0.25, 0.3) is 0 Å². The van der Waals surface area contributed by atoms with E-state index < -0.39 is 5.41 Å². The molecule has 0 radical (unpaired) electrons. The van der Waals surface area contributed by atoms with Gasteiger partial charge in [-0.1, -0.05) is 0 Å². The van der Waals surface area contributed by atoms with Crippen LogP contribution in [0.15, 0.2) is 12.3 Å². The van der Waals surface area contributed by atoms with Gasteiger partial charge >= 0.3 is 5.97 Å². The Labute approximate surface area is 73.4 Å². The second-order valence-corrected chi connectivity index (χ2v) is 2.97. The first kappa shape index (κ1) is 11.0. The molecule has 0 N–H and O–H groups in total. The Bertz CT molecular complexity index is 171. The number of esters is 1. The Morgan fingerprint density at radius 3 is 2.50 bits per heavy atom. The summed E-state index contributed by atoms with van der Waals surface area (Å²) in [6.07, 6.45) is 3.21. The maximum Gasteiger partial charge on any atom is 0.315 e. The zero-order chi connectivity index (χ0) is 9.61. The van der Waals surface area contributed by atoms with Gasteiger partial charge in [0.1, 0.15) is 0 Å². The van der Waals surface area contributed by atoms with Crippen molar-refractivity contribution in [2.75, 3.05) is 13.7 Å². The summed E-state index contributed by atoms with van der Waals surface area (Å²) in [5.74, 6) is -0.265. The molecular weight excluding hydrogens is 156 g/mol. The Kier molecular flexibility index (Phi) is 4.40. The minimum absolute atomic E-state index is 0.265. The van der Waals surface area contributed by atoms with E-state index in [0.29, 0.717) is 6.61 Å². The standard InChI is InChI=1S/C9H16O3/c1-5-12-7-6-9(2,3)8(10)11-4/h6-7H,5H2,1-4H3. The summed E-state index contributed by atoms with van der Waals surface area (Å²) >= 11 is 0. The van der Waals surface area contributed by atoms with E-state index in [1.165, 1.54) is 13.4 Å². The first-order valence-electron chi connectivity index (χ1n) is 3.92. The van der Waals surface area contributed by atoms with Crippen molar-refractivity contribution < 1.29 is 14.3 Å². The molecule has 3 heteroatoms. The fraction of sp³-hybridized carbons (Fsp3) is 0.667. The lowest BCUT2D eigenvalue weighted by molar-refractivity contribution is -0.148. The van der Waals surface area contributed by atoms with Gasteiger partial charge in [0, 0.05) is 0 Å². The Morgan fingerprint density at radius 1 is 1.50 bits per heavy atom. The molecule has 0 spiro atoms. The topological polar surface area (TPSA) is 35.5 Å². The Hall–Kier alpha value is -0.990. The van der Waals surface area contributed by atoms with Gasteiger partial charge in [-0.3, -0.25) is 4.79 Å². The number of carbonyl (C=O) groups excluding carboxylic acids is 1. The summed E-state index contributed by atoms with van der Waals surface area (Å²) in [5.41, 5.74) is -0.607. The van der Waals surface area contributed by atoms with E-state index in [2.05, 4.69) is 4.74 Å². The van der Waals surface area contributed by atoms with Gasteiger partial charge in [-0.15, -0.1) is 0 Å². The molecule has 0 amide bonds. The molecule has 0 saturated heterocycles. The first-order chi connectivity index (χ1) is 5.54. The van der Waals surface area contributed by atoms with Gasteiger partial charge in [0.15, 0.2) is 0 Å². The van der Waals surface area contributed by atoms with Crippen LogP contribution in [0.3, 0.4) is 0 Å². The van der Waals surface area contributed by atoms with E-state index in [1.54, 1.807) is 19.9 Å². The fourth-order valence-corrected chi connectivity index (χ4v) is 0.646. The lowest BCUT2D eigenvalue weighted by Gasteiger charge is -2.15. The minimum Gasteiger partial charge on any atom is -0.502 e. The van der Waals surface area contributed by atoms with Crippen LogP contribution in [0.25, 0.3) is 0 Å². The molecule has 3 nitrogen and oxygen atoms in total. The number of carbonyl (C=O) groups is 1. The largest absolute Gasteiger partial charge is 0.502 e. The van der Waals surface area contributed by atoms with Gasteiger partial charge in [-0.25, -0.2) is 0 Å². The molecule has 0 bridgehead atoms. The van der Waals surface area contributed by atoms with Gasteiger partial charge in [0.2, 0.25) is 0 Å². The second kappa shape index (κ2) is 4.80. The number of ether oxygens (including phenoxy) is 2. The zero-order valence-electron chi connectivity index (χ0n) is 8.09. The van der Waals surface area contributed by atoms with E-state index in [1.807, 2.05) is 6.92 Å². The quantitative estimate of drug-likeness (QED) is 0.478. The average Bonchev–Trinajstić information content (AvgIpc) is 2.03. The maximum absolute atomic E-state index is 11.1. The lowest BCUT2D eigenvalue weighted by atomic mass is 9.94. The molecule has 0 heterocycles. The van der Waals surface area contributed by atoms with Crippen LogP contribution in [-0.4, -0.2) is 19.7 Å². The average molecular weight is 172 g/mol. The summed E-state index contributed by atoms with van der Waals surface area (Å²) < 4.78 is 9.58. The van der Waals surface area contributed by atoms with Crippen LogP contribution < -0.4 is 0 Å². The van der Waals surface area contributed by atoms with Gasteiger partial charge in [-0.2, -0.15) is 0 Å². The summed E-state index contributed by atoms with van der Waals surface area (Å²) in [4.78, 5) is 11.1. The van der Waals surface area contributed by atoms with Crippen molar-refractivity contribution in [2.24, 2.45) is 5.41 Å². The predicted molar refractivity (Wildman–Crippen MR) is 46.6 cm³/mol. The van der Waals surface area contributed by atoms with Crippen LogP contribution in [0.1, 0.15) is 20.8 Å². The minimum atomic E-state index is -0.607. The molecule has 12 heavy (non-hydrogen) atoms. The SMILES string of the molecule is CCOC=CC(C)(C)C(=O)OC. The summed E-state index contributed by atoms with van der Waals surface area (Å²) in [6, 6.07) is 0. The molecule has 0 aromatic heterocycles. The molecule has 0 aliphatic carbocycles. The van der Waals surface area contributed by atoms with Crippen molar-refractivity contribution >= 4 is 5.97 Å². The van der Waals surface area contributed by atoms with E-state index in [9.17, 15) is 4.79 Å². The van der Waals surface area contributed by atoms with Crippen molar-refractivity contribution in [2.45, 2.75) is 20.8 Å². The van der Waals surface area contributed by atoms with Crippen LogP contribution in [0.2, 0.25) is 0 Å². The normalized spacial score (nSPS) is 11.7. The second-order valence-electron chi connectivity index (χ2n) is 2.97. The Balaban J connectivity index is 4.11. The monoisotopic (exact) mass is 172 g/mol. The summed E-state index contributed by atoms with van der Waals surface area (Å²) in [7, 11) is 1.37. The highest BCUT2D eigenvalue weighted by Gasteiger charge is 2.25. The number of methoxy groups -OCH3 is 1. The van der Waals surface area contributed by atoms with Gasteiger partial charge < -0.3 is 9.47 Å². The van der Waals surface area contributed by atoms with E-state index in [-0.39, 0.29) is 5.97 Å². The molecule has 0 rings (SSSR count). The van der Waals surface area contributed by atoms with Crippen LogP contribution in [0.5, 0.6) is 0 Å². The third-order valence-electron chi connectivity index (χ3n) is 1.46. The van der Waals surface area contributed by atoms with Crippen molar-refractivity contribution in [3.8, 4) is 0 Å². The Morgan fingerprint density at radius 2 is 2.08 bits per heavy atom. The molecular formula is C9H16O3. The highest BCUT2D eigenvalue weighted by Crippen LogP contribution is 2.18. The van der Waals surface area contributed by atoms with Crippen LogP contribution in [-0.2, 0) is 14.3 Å². The lowest BCUT2D eigenvalue weighted by Crippen LogP contribution is -2.22. The van der Waals surface area contributed by atoms with E-state index >= 15 is 0 Å². The number of hydrogen-bond donors (Lipinski definition) is 0. The number of hydrogen-bond acceptors (Lipinski definition) is 3. The molecule has 0 aliphatic rings. The van der Waals surface area contributed by atoms with Crippen LogP contribution in [0, 0.1) is 5.41 Å². The van der Waals surface area contributed by atoms with Crippen molar-refractivity contribution in [3.63, 3.8) is 0 Å².